The van der Waals surface area contributed by atoms with Gasteiger partial charge in [0.15, 0.2) is 0 Å². The van der Waals surface area contributed by atoms with Gasteiger partial charge in [0.1, 0.15) is 0 Å². The highest BCUT2D eigenvalue weighted by Gasteiger charge is 2.27. The minimum atomic E-state index is -3.53. The topological polar surface area (TPSA) is 66.5 Å². The number of benzene rings is 2. The Kier molecular flexibility index (Phi) is 5.32. The van der Waals surface area contributed by atoms with Crippen molar-refractivity contribution in [2.24, 2.45) is 0 Å². The second kappa shape index (κ2) is 7.50. The van der Waals surface area contributed by atoms with Crippen LogP contribution in [0.2, 0.25) is 0 Å². The molecule has 0 atom stereocenters. The van der Waals surface area contributed by atoms with Gasteiger partial charge in [-0.3, -0.25) is 9.10 Å². The smallest absolute Gasteiger partial charge is 0.235 e. The second-order valence-electron chi connectivity index (χ2n) is 6.79. The lowest BCUT2D eigenvalue weighted by Crippen LogP contribution is -2.37. The molecule has 0 saturated heterocycles. The molecule has 1 aliphatic heterocycles. The molecule has 0 fully saturated rings. The van der Waals surface area contributed by atoms with E-state index in [0.717, 1.165) is 35.2 Å². The number of hydrogen-bond donors (Lipinski definition) is 1. The number of carbonyl (C=O) groups excluding carboxylic acids is 1. The number of aryl methyl sites for hydroxylation is 3. The average Bonchev–Trinajstić information content (AvgIpc) is 2.58. The molecule has 0 radical (unpaired) electrons. The largest absolute Gasteiger partial charge is 0.326 e. The summed E-state index contributed by atoms with van der Waals surface area (Å²) in [7, 11) is -3.53. The first-order valence-corrected chi connectivity index (χ1v) is 10.4. The van der Waals surface area contributed by atoms with Gasteiger partial charge in [-0.1, -0.05) is 24.3 Å². The van der Waals surface area contributed by atoms with Crippen LogP contribution in [0.4, 0.5) is 11.4 Å². The maximum absolute atomic E-state index is 12.8. The molecule has 2 aromatic carbocycles. The van der Waals surface area contributed by atoms with Gasteiger partial charge in [-0.25, -0.2) is 8.42 Å². The van der Waals surface area contributed by atoms with Gasteiger partial charge < -0.3 is 5.32 Å². The van der Waals surface area contributed by atoms with E-state index in [2.05, 4.69) is 5.32 Å². The first kappa shape index (κ1) is 18.5. The van der Waals surface area contributed by atoms with Crippen molar-refractivity contribution < 1.29 is 13.2 Å². The predicted octanol–water partition coefficient (Wildman–Crippen LogP) is 3.41. The highest BCUT2D eigenvalue weighted by molar-refractivity contribution is 7.92. The molecule has 0 aromatic heterocycles. The van der Waals surface area contributed by atoms with E-state index in [1.807, 2.05) is 56.3 Å². The van der Waals surface area contributed by atoms with Gasteiger partial charge in [-0.2, -0.15) is 0 Å². The molecule has 0 aliphatic carbocycles. The highest BCUT2D eigenvalue weighted by atomic mass is 32.2. The molecule has 0 unspecified atom stereocenters. The number of rotatable bonds is 5. The van der Waals surface area contributed by atoms with Gasteiger partial charge in [-0.05, 0) is 61.6 Å². The zero-order chi connectivity index (χ0) is 18.7. The fraction of sp³-hybridized carbons (Fsp3) is 0.350. The highest BCUT2D eigenvalue weighted by Crippen LogP contribution is 2.29. The third-order valence-electron chi connectivity index (χ3n) is 4.50. The maximum Gasteiger partial charge on any atom is 0.235 e. The minimum Gasteiger partial charge on any atom is -0.326 e. The standard InChI is InChI=1S/C20H24N2O3S/c1-15-12-16(2)14-18(13-15)21-20(23)9-11-26(24,25)22-10-5-7-17-6-3-4-8-19(17)22/h3-4,6,8,12-14H,5,7,9-11H2,1-2H3,(H,21,23). The number of para-hydroxylation sites is 1. The van der Waals surface area contributed by atoms with E-state index >= 15 is 0 Å². The summed E-state index contributed by atoms with van der Waals surface area (Å²) in [5, 5.41) is 2.80. The number of nitrogens with zero attached hydrogens (tertiary/aromatic N) is 1. The van der Waals surface area contributed by atoms with Crippen molar-refractivity contribution >= 4 is 27.3 Å². The van der Waals surface area contributed by atoms with Crippen molar-refractivity contribution in [2.75, 3.05) is 21.9 Å². The zero-order valence-corrected chi connectivity index (χ0v) is 16.0. The number of carbonyl (C=O) groups is 1. The summed E-state index contributed by atoms with van der Waals surface area (Å²) in [4.78, 5) is 12.2. The molecule has 5 nitrogen and oxygen atoms in total. The quantitative estimate of drug-likeness (QED) is 0.875. The van der Waals surface area contributed by atoms with Crippen molar-refractivity contribution in [3.63, 3.8) is 0 Å². The van der Waals surface area contributed by atoms with E-state index in [1.54, 1.807) is 0 Å². The number of sulfonamides is 1. The van der Waals surface area contributed by atoms with Crippen LogP contribution in [-0.2, 0) is 21.2 Å². The fourth-order valence-electron chi connectivity index (χ4n) is 3.39. The van der Waals surface area contributed by atoms with Gasteiger partial charge in [-0.15, -0.1) is 0 Å². The lowest BCUT2D eigenvalue weighted by atomic mass is 10.0. The molecule has 138 valence electrons. The van der Waals surface area contributed by atoms with Gasteiger partial charge in [0, 0.05) is 18.7 Å². The van der Waals surface area contributed by atoms with Crippen LogP contribution in [0.3, 0.4) is 0 Å². The van der Waals surface area contributed by atoms with Gasteiger partial charge in [0.25, 0.3) is 0 Å². The molecular weight excluding hydrogens is 348 g/mol. The van der Waals surface area contributed by atoms with Gasteiger partial charge >= 0.3 is 0 Å². The van der Waals surface area contributed by atoms with Crippen LogP contribution in [0.15, 0.2) is 42.5 Å². The van der Waals surface area contributed by atoms with Crippen LogP contribution in [0.1, 0.15) is 29.5 Å². The first-order valence-electron chi connectivity index (χ1n) is 8.82. The van der Waals surface area contributed by atoms with Gasteiger partial charge in [0.05, 0.1) is 11.4 Å². The average molecular weight is 372 g/mol. The molecule has 0 spiro atoms. The molecule has 0 bridgehead atoms. The lowest BCUT2D eigenvalue weighted by Gasteiger charge is -2.30. The molecule has 1 heterocycles. The number of hydrogen-bond acceptors (Lipinski definition) is 3. The molecule has 6 heteroatoms. The van der Waals surface area contributed by atoms with E-state index < -0.39 is 10.0 Å². The Morgan fingerprint density at radius 3 is 2.54 bits per heavy atom. The summed E-state index contributed by atoms with van der Waals surface area (Å²) in [6, 6.07) is 13.3. The second-order valence-corrected chi connectivity index (χ2v) is 8.81. The van der Waals surface area contributed by atoms with Crippen molar-refractivity contribution in [1.82, 2.24) is 0 Å². The maximum atomic E-state index is 12.8. The molecular formula is C20H24N2O3S. The SMILES string of the molecule is Cc1cc(C)cc(NC(=O)CCS(=O)(=O)N2CCCc3ccccc32)c1. The number of amides is 1. The normalized spacial score (nSPS) is 14.0. The van der Waals surface area contributed by atoms with Crippen molar-refractivity contribution in [2.45, 2.75) is 33.1 Å². The summed E-state index contributed by atoms with van der Waals surface area (Å²) in [6.07, 6.45) is 1.62. The molecule has 3 rings (SSSR count). The summed E-state index contributed by atoms with van der Waals surface area (Å²) < 4.78 is 27.0. The Bertz CT molecular complexity index is 902. The van der Waals surface area contributed by atoms with Crippen molar-refractivity contribution in [1.29, 1.82) is 0 Å². The number of fused-ring (bicyclic) bond motifs is 1. The van der Waals surface area contributed by atoms with Crippen LogP contribution in [0.5, 0.6) is 0 Å². The Morgan fingerprint density at radius 1 is 1.12 bits per heavy atom. The predicted molar refractivity (Wildman–Crippen MR) is 105 cm³/mol. The third-order valence-corrected chi connectivity index (χ3v) is 6.27. The van der Waals surface area contributed by atoms with Crippen LogP contribution in [-0.4, -0.2) is 26.6 Å². The number of nitrogens with one attached hydrogen (secondary N) is 1. The number of anilines is 2. The van der Waals surface area contributed by atoms with Crippen LogP contribution >= 0.6 is 0 Å². The zero-order valence-electron chi connectivity index (χ0n) is 15.2. The Balaban J connectivity index is 1.66. The molecule has 1 N–H and O–H groups in total. The Morgan fingerprint density at radius 2 is 1.81 bits per heavy atom. The molecule has 0 saturated carbocycles. The monoisotopic (exact) mass is 372 g/mol. The van der Waals surface area contributed by atoms with E-state index in [1.165, 1.54) is 4.31 Å². The Hall–Kier alpha value is -2.34. The fourth-order valence-corrected chi connectivity index (χ4v) is 4.94. The van der Waals surface area contributed by atoms with Gasteiger partial charge in [0.2, 0.25) is 15.9 Å². The van der Waals surface area contributed by atoms with E-state index in [-0.39, 0.29) is 18.1 Å². The molecule has 1 aliphatic rings. The summed E-state index contributed by atoms with van der Waals surface area (Å²) in [5.74, 6) is -0.485. The van der Waals surface area contributed by atoms with Crippen LogP contribution in [0, 0.1) is 13.8 Å². The summed E-state index contributed by atoms with van der Waals surface area (Å²) in [5.41, 5.74) is 4.60. The van der Waals surface area contributed by atoms with Crippen molar-refractivity contribution in [3.8, 4) is 0 Å². The summed E-state index contributed by atoms with van der Waals surface area (Å²) >= 11 is 0. The van der Waals surface area contributed by atoms with Crippen molar-refractivity contribution in [3.05, 3.63) is 59.2 Å². The summed E-state index contributed by atoms with van der Waals surface area (Å²) in [6.45, 7) is 4.39. The van der Waals surface area contributed by atoms with E-state index in [0.29, 0.717) is 12.2 Å². The van der Waals surface area contributed by atoms with E-state index in [9.17, 15) is 13.2 Å². The van der Waals surface area contributed by atoms with Crippen LogP contribution in [0.25, 0.3) is 0 Å². The third kappa shape index (κ3) is 4.25. The molecule has 2 aromatic rings. The lowest BCUT2D eigenvalue weighted by molar-refractivity contribution is -0.115. The minimum absolute atomic E-state index is 0.0615. The van der Waals surface area contributed by atoms with E-state index in [4.69, 9.17) is 0 Å². The first-order chi connectivity index (χ1) is 12.3. The van der Waals surface area contributed by atoms with Crippen LogP contribution < -0.4 is 9.62 Å². The Labute approximate surface area is 155 Å². The molecule has 26 heavy (non-hydrogen) atoms. The molecule has 1 amide bonds.